The first-order chi connectivity index (χ1) is 2.00. The first-order valence-corrected chi connectivity index (χ1v) is 3.51. The molecule has 0 rings (SSSR count). The Bertz CT molecular complexity index is 23.0. The van der Waals surface area contributed by atoms with Gasteiger partial charge in [0.05, 0.1) is 0 Å². The van der Waals surface area contributed by atoms with Crippen LogP contribution in [0.15, 0.2) is 0 Å². The SMILES string of the molecule is F[As-](F)(F)F.[Ag+]. The normalized spacial score (nSPS) is 12.7. The Balaban J connectivity index is 0. The molecule has 0 radical (unpaired) electrons. The van der Waals surface area contributed by atoms with Crippen molar-refractivity contribution in [2.75, 3.05) is 0 Å². The van der Waals surface area contributed by atoms with E-state index in [9.17, 15) is 13.9 Å². The van der Waals surface area contributed by atoms with Gasteiger partial charge in [-0.05, 0) is 0 Å². The maximum absolute atomic E-state index is 9.86. The molecule has 44 valence electrons. The quantitative estimate of drug-likeness (QED) is 0.454. The molecule has 0 aromatic heterocycles. The standard InChI is InChI=1S/Ag.AsF4/c;2-1(3,4)5/q+1;-1. The fraction of sp³-hybridized carbons (Fsp3) is 0. The van der Waals surface area contributed by atoms with E-state index < -0.39 is 15.4 Å². The third-order valence-corrected chi connectivity index (χ3v) is 0. The average Bonchev–Trinajstić information content (AvgIpc) is 0.722. The summed E-state index contributed by atoms with van der Waals surface area (Å²) in [5.74, 6) is 0. The van der Waals surface area contributed by atoms with Crippen LogP contribution in [0.1, 0.15) is 0 Å². The minimum Gasteiger partial charge on any atom is 1.00 e. The van der Waals surface area contributed by atoms with Gasteiger partial charge in [-0.15, -0.1) is 0 Å². The Labute approximate surface area is 51.9 Å². The van der Waals surface area contributed by atoms with Crippen molar-refractivity contribution in [2.45, 2.75) is 0 Å². The summed E-state index contributed by atoms with van der Waals surface area (Å²) in [7, 11) is 0. The molecule has 6 heavy (non-hydrogen) atoms. The van der Waals surface area contributed by atoms with Gasteiger partial charge in [-0.1, -0.05) is 0 Å². The van der Waals surface area contributed by atoms with E-state index in [-0.39, 0.29) is 22.4 Å². The molecule has 0 aliphatic carbocycles. The monoisotopic (exact) mass is 258 g/mol. The minimum absolute atomic E-state index is 0. The molecule has 0 saturated carbocycles. The molecular weight excluding hydrogens is 259 g/mol. The zero-order valence-corrected chi connectivity index (χ0v) is 5.62. The summed E-state index contributed by atoms with van der Waals surface area (Å²) in [6.45, 7) is 0. The molecule has 0 saturated heterocycles. The van der Waals surface area contributed by atoms with Crippen molar-refractivity contribution in [1.29, 1.82) is 0 Å². The van der Waals surface area contributed by atoms with Crippen LogP contribution in [0.5, 0.6) is 0 Å². The van der Waals surface area contributed by atoms with Crippen LogP contribution in [0.2, 0.25) is 0 Å². The van der Waals surface area contributed by atoms with Gasteiger partial charge in [-0.2, -0.15) is 0 Å². The van der Waals surface area contributed by atoms with E-state index in [1.165, 1.54) is 0 Å². The van der Waals surface area contributed by atoms with Crippen molar-refractivity contribution in [3.63, 3.8) is 0 Å². The van der Waals surface area contributed by atoms with Crippen LogP contribution in [-0.4, -0.2) is 15.4 Å². The number of hydrogen-bond donors (Lipinski definition) is 0. The summed E-state index contributed by atoms with van der Waals surface area (Å²) < 4.78 is 39.4. The van der Waals surface area contributed by atoms with E-state index in [0.29, 0.717) is 0 Å². The van der Waals surface area contributed by atoms with Crippen molar-refractivity contribution in [3.8, 4) is 0 Å². The molecule has 0 amide bonds. The van der Waals surface area contributed by atoms with Gasteiger partial charge in [0.2, 0.25) is 0 Å². The predicted octanol–water partition coefficient (Wildman–Crippen LogP) is 1.30. The van der Waals surface area contributed by atoms with Crippen LogP contribution in [0.3, 0.4) is 0 Å². The van der Waals surface area contributed by atoms with Crippen LogP contribution in [0.25, 0.3) is 0 Å². The Kier molecular flexibility index (Phi) is 5.18. The summed E-state index contributed by atoms with van der Waals surface area (Å²) in [5, 5.41) is 0. The largest absolute Gasteiger partial charge is 1.00 e. The molecule has 6 heteroatoms. The average molecular weight is 259 g/mol. The minimum atomic E-state index is -6.88. The van der Waals surface area contributed by atoms with Crippen molar-refractivity contribution in [2.24, 2.45) is 0 Å². The third-order valence-electron chi connectivity index (χ3n) is 0. The second kappa shape index (κ2) is 3.08. The van der Waals surface area contributed by atoms with Gasteiger partial charge >= 0.3 is 51.7 Å². The predicted molar refractivity (Wildman–Crippen MR) is 10.2 cm³/mol. The molecule has 0 aromatic carbocycles. The van der Waals surface area contributed by atoms with E-state index in [1.54, 1.807) is 0 Å². The zero-order valence-electron chi connectivity index (χ0n) is 2.26. The molecule has 0 aliphatic heterocycles. The van der Waals surface area contributed by atoms with Crippen LogP contribution < -0.4 is 0 Å². The zero-order chi connectivity index (χ0) is 4.50. The summed E-state index contributed by atoms with van der Waals surface area (Å²) in [6, 6.07) is 0. The van der Waals surface area contributed by atoms with Gasteiger partial charge in [0.15, 0.2) is 0 Å². The fourth-order valence-corrected chi connectivity index (χ4v) is 0. The summed E-state index contributed by atoms with van der Waals surface area (Å²) >= 11 is -6.88. The molecule has 0 spiro atoms. The third kappa shape index (κ3) is 78.1. The van der Waals surface area contributed by atoms with E-state index >= 15 is 0 Å². The number of hydrogen-bond acceptors (Lipinski definition) is 0. The Morgan fingerprint density at radius 1 is 0.833 bits per heavy atom. The fourth-order valence-electron chi connectivity index (χ4n) is 0. The van der Waals surface area contributed by atoms with Crippen molar-refractivity contribution in [1.82, 2.24) is 0 Å². The molecule has 0 unspecified atom stereocenters. The second-order valence-electron chi connectivity index (χ2n) is 0.383. The van der Waals surface area contributed by atoms with Crippen molar-refractivity contribution in [3.05, 3.63) is 0 Å². The maximum Gasteiger partial charge on any atom is 1.00 e. The molecular formula is AgAsF4. The summed E-state index contributed by atoms with van der Waals surface area (Å²) in [6.07, 6.45) is 0. The molecule has 0 bridgehead atoms. The summed E-state index contributed by atoms with van der Waals surface area (Å²) in [5.41, 5.74) is 0. The van der Waals surface area contributed by atoms with Gasteiger partial charge in [0.25, 0.3) is 0 Å². The topological polar surface area (TPSA) is 0 Å². The number of rotatable bonds is 0. The van der Waals surface area contributed by atoms with Crippen molar-refractivity contribution >= 4 is 15.4 Å². The van der Waals surface area contributed by atoms with E-state index in [0.717, 1.165) is 0 Å². The van der Waals surface area contributed by atoms with Crippen molar-refractivity contribution < 1.29 is 36.2 Å². The van der Waals surface area contributed by atoms with Gasteiger partial charge < -0.3 is 0 Å². The molecule has 0 aliphatic rings. The van der Waals surface area contributed by atoms with Crippen LogP contribution in [0, 0.1) is 0 Å². The van der Waals surface area contributed by atoms with Crippen LogP contribution in [0.4, 0.5) is 13.9 Å². The van der Waals surface area contributed by atoms with E-state index in [4.69, 9.17) is 0 Å². The first-order valence-electron chi connectivity index (χ1n) is 0.676. The molecule has 0 N–H and O–H groups in total. The molecule has 0 fully saturated rings. The summed E-state index contributed by atoms with van der Waals surface area (Å²) in [4.78, 5) is 0. The first kappa shape index (κ1) is 10.1. The smallest absolute Gasteiger partial charge is 1.00 e. The maximum atomic E-state index is 9.86. The molecule has 0 nitrogen and oxygen atoms in total. The van der Waals surface area contributed by atoms with Gasteiger partial charge in [0.1, 0.15) is 0 Å². The van der Waals surface area contributed by atoms with E-state index in [2.05, 4.69) is 0 Å². The number of halogens is 4. The van der Waals surface area contributed by atoms with Crippen LogP contribution >= 0.6 is 0 Å². The van der Waals surface area contributed by atoms with Gasteiger partial charge in [-0.3, -0.25) is 0 Å². The molecule has 0 aromatic rings. The van der Waals surface area contributed by atoms with E-state index in [1.807, 2.05) is 0 Å². The van der Waals surface area contributed by atoms with Gasteiger partial charge in [0, 0.05) is 0 Å². The molecule has 0 atom stereocenters. The molecule has 0 heterocycles. The van der Waals surface area contributed by atoms with Gasteiger partial charge in [-0.25, -0.2) is 0 Å². The second-order valence-corrected chi connectivity index (χ2v) is 1.99. The Morgan fingerprint density at radius 2 is 0.833 bits per heavy atom. The Hall–Kier alpha value is 1.02. The van der Waals surface area contributed by atoms with Crippen LogP contribution in [-0.2, 0) is 22.4 Å². The Morgan fingerprint density at radius 3 is 0.833 bits per heavy atom.